The Balaban J connectivity index is 1.43. The molecule has 8 nitrogen and oxygen atoms in total. The van der Waals surface area contributed by atoms with E-state index >= 15 is 0 Å². The molecule has 26 heavy (non-hydrogen) atoms. The summed E-state index contributed by atoms with van der Waals surface area (Å²) in [5, 5.41) is 13.3. The Hall–Kier alpha value is -2.38. The van der Waals surface area contributed by atoms with Crippen LogP contribution in [0.2, 0.25) is 0 Å². The van der Waals surface area contributed by atoms with Crippen molar-refractivity contribution in [2.75, 3.05) is 19.6 Å². The molecule has 140 valence electrons. The Morgan fingerprint density at radius 3 is 2.50 bits per heavy atom. The normalized spacial score (nSPS) is 24.9. The zero-order valence-electron chi connectivity index (χ0n) is 14.8. The number of carbonyl (C=O) groups is 3. The highest BCUT2D eigenvalue weighted by Crippen LogP contribution is 2.45. The molecule has 0 bridgehead atoms. The summed E-state index contributed by atoms with van der Waals surface area (Å²) in [4.78, 5) is 40.0. The second-order valence-corrected chi connectivity index (χ2v) is 7.92. The maximum atomic E-state index is 12.5. The highest BCUT2D eigenvalue weighted by Gasteiger charge is 2.52. The molecule has 2 saturated heterocycles. The largest absolute Gasteiger partial charge is 0.480 e. The first-order valence-electron chi connectivity index (χ1n) is 9.14. The zero-order chi connectivity index (χ0) is 18.5. The van der Waals surface area contributed by atoms with Crippen LogP contribution in [0.1, 0.15) is 48.4 Å². The molecule has 2 amide bonds. The van der Waals surface area contributed by atoms with Gasteiger partial charge in [-0.15, -0.1) is 0 Å². The third-order valence-corrected chi connectivity index (χ3v) is 5.95. The van der Waals surface area contributed by atoms with Crippen molar-refractivity contribution in [3.05, 3.63) is 17.5 Å². The lowest BCUT2D eigenvalue weighted by Gasteiger charge is -2.38. The molecule has 1 aromatic heterocycles. The van der Waals surface area contributed by atoms with E-state index in [-0.39, 0.29) is 28.9 Å². The van der Waals surface area contributed by atoms with Crippen molar-refractivity contribution in [1.29, 1.82) is 0 Å². The van der Waals surface area contributed by atoms with Crippen molar-refractivity contribution in [2.24, 2.45) is 11.3 Å². The number of nitrogens with zero attached hydrogens (tertiary/aromatic N) is 3. The van der Waals surface area contributed by atoms with Gasteiger partial charge in [-0.1, -0.05) is 5.16 Å². The van der Waals surface area contributed by atoms with Crippen molar-refractivity contribution in [3.8, 4) is 0 Å². The van der Waals surface area contributed by atoms with E-state index in [1.165, 1.54) is 0 Å². The molecule has 4 rings (SSSR count). The Labute approximate surface area is 151 Å². The number of carbonyl (C=O) groups excluding carboxylic acids is 2. The van der Waals surface area contributed by atoms with Gasteiger partial charge in [0.15, 0.2) is 0 Å². The fourth-order valence-corrected chi connectivity index (χ4v) is 4.24. The molecule has 3 aliphatic rings. The van der Waals surface area contributed by atoms with Gasteiger partial charge in [0.1, 0.15) is 6.04 Å². The first kappa shape index (κ1) is 17.1. The Morgan fingerprint density at radius 2 is 1.96 bits per heavy atom. The SMILES string of the molecule is Cc1cc(C(=O)N2CCC3(CC2)CC(C(=O)O)N(C(=O)C2CC2)C3)on1. The van der Waals surface area contributed by atoms with Crippen molar-refractivity contribution in [1.82, 2.24) is 15.0 Å². The highest BCUT2D eigenvalue weighted by molar-refractivity contribution is 5.91. The van der Waals surface area contributed by atoms with E-state index in [0.29, 0.717) is 44.6 Å². The first-order chi connectivity index (χ1) is 12.4. The number of hydrogen-bond donors (Lipinski definition) is 1. The summed E-state index contributed by atoms with van der Waals surface area (Å²) in [7, 11) is 0. The molecule has 1 unspecified atom stereocenters. The van der Waals surface area contributed by atoms with E-state index in [1.54, 1.807) is 22.8 Å². The van der Waals surface area contributed by atoms with Crippen LogP contribution in [-0.2, 0) is 9.59 Å². The number of hydrogen-bond acceptors (Lipinski definition) is 5. The van der Waals surface area contributed by atoms with Crippen molar-refractivity contribution >= 4 is 17.8 Å². The van der Waals surface area contributed by atoms with Crippen molar-refractivity contribution in [2.45, 2.75) is 45.1 Å². The van der Waals surface area contributed by atoms with Crippen LogP contribution in [0, 0.1) is 18.3 Å². The van der Waals surface area contributed by atoms with Gasteiger partial charge in [-0.25, -0.2) is 4.79 Å². The summed E-state index contributed by atoms with van der Waals surface area (Å²) in [5.41, 5.74) is 0.456. The smallest absolute Gasteiger partial charge is 0.326 e. The molecule has 1 aromatic rings. The molecule has 1 N–H and O–H groups in total. The summed E-state index contributed by atoms with van der Waals surface area (Å²) in [6, 6.07) is 0.890. The second-order valence-electron chi connectivity index (χ2n) is 7.92. The molecule has 8 heteroatoms. The van der Waals surface area contributed by atoms with Crippen molar-refractivity contribution in [3.63, 3.8) is 0 Å². The minimum atomic E-state index is -0.925. The number of carboxylic acid groups (broad SMARTS) is 1. The van der Waals surface area contributed by atoms with Crippen LogP contribution < -0.4 is 0 Å². The van der Waals surface area contributed by atoms with Gasteiger partial charge in [0, 0.05) is 31.6 Å². The van der Waals surface area contributed by atoms with E-state index in [4.69, 9.17) is 4.52 Å². The second kappa shape index (κ2) is 6.10. The lowest BCUT2D eigenvalue weighted by molar-refractivity contribution is -0.148. The van der Waals surface area contributed by atoms with E-state index in [0.717, 1.165) is 12.8 Å². The molecule has 1 aliphatic carbocycles. The van der Waals surface area contributed by atoms with Crippen molar-refractivity contribution < 1.29 is 24.0 Å². The third kappa shape index (κ3) is 2.97. The Morgan fingerprint density at radius 1 is 1.27 bits per heavy atom. The molecule has 0 radical (unpaired) electrons. The van der Waals surface area contributed by atoms with E-state index < -0.39 is 12.0 Å². The summed E-state index contributed by atoms with van der Waals surface area (Å²) >= 11 is 0. The van der Waals surface area contributed by atoms with Gasteiger partial charge >= 0.3 is 5.97 Å². The molecular weight excluding hydrogens is 338 g/mol. The Bertz CT molecular complexity index is 746. The van der Waals surface area contributed by atoms with Crippen LogP contribution in [0.3, 0.4) is 0 Å². The predicted molar refractivity (Wildman–Crippen MR) is 89.3 cm³/mol. The van der Waals surface area contributed by atoms with E-state index in [1.807, 2.05) is 0 Å². The van der Waals surface area contributed by atoms with Gasteiger partial charge in [0.25, 0.3) is 5.91 Å². The van der Waals surface area contributed by atoms with Crippen LogP contribution >= 0.6 is 0 Å². The van der Waals surface area contributed by atoms with Gasteiger partial charge in [0.05, 0.1) is 5.69 Å². The topological polar surface area (TPSA) is 104 Å². The van der Waals surface area contributed by atoms with Crippen LogP contribution in [0.4, 0.5) is 0 Å². The fourth-order valence-electron chi connectivity index (χ4n) is 4.24. The molecule has 1 spiro atoms. The molecule has 3 fully saturated rings. The lowest BCUT2D eigenvalue weighted by Crippen LogP contribution is -2.45. The predicted octanol–water partition coefficient (Wildman–Crippen LogP) is 1.30. The molecular formula is C18H23N3O5. The average Bonchev–Trinajstić information content (AvgIpc) is 3.28. The zero-order valence-corrected chi connectivity index (χ0v) is 14.8. The minimum absolute atomic E-state index is 0.00934. The maximum Gasteiger partial charge on any atom is 0.326 e. The number of likely N-dealkylation sites (tertiary alicyclic amines) is 2. The van der Waals surface area contributed by atoms with Crippen LogP contribution in [0.25, 0.3) is 0 Å². The molecule has 0 aromatic carbocycles. The molecule has 2 aliphatic heterocycles. The van der Waals surface area contributed by atoms with Gasteiger partial charge < -0.3 is 19.4 Å². The first-order valence-corrected chi connectivity index (χ1v) is 9.14. The van der Waals surface area contributed by atoms with Crippen LogP contribution in [0.15, 0.2) is 10.6 Å². The number of carboxylic acids is 1. The standard InChI is InChI=1S/C18H23N3O5/c1-11-8-14(26-19-11)16(23)20-6-4-18(5-7-20)9-13(17(24)25)21(10-18)15(22)12-2-3-12/h8,12-13H,2-7,9-10H2,1H3,(H,24,25). The molecule has 3 heterocycles. The minimum Gasteiger partial charge on any atom is -0.480 e. The van der Waals surface area contributed by atoms with Gasteiger partial charge in [-0.2, -0.15) is 0 Å². The van der Waals surface area contributed by atoms with Gasteiger partial charge in [-0.05, 0) is 44.4 Å². The summed E-state index contributed by atoms with van der Waals surface area (Å²) in [6.45, 7) is 3.33. The fraction of sp³-hybridized carbons (Fsp3) is 0.667. The quantitative estimate of drug-likeness (QED) is 0.870. The average molecular weight is 361 g/mol. The number of rotatable bonds is 3. The molecule has 1 saturated carbocycles. The van der Waals surface area contributed by atoms with E-state index in [2.05, 4.69) is 5.16 Å². The number of piperidine rings is 1. The highest BCUT2D eigenvalue weighted by atomic mass is 16.5. The van der Waals surface area contributed by atoms with Gasteiger partial charge in [-0.3, -0.25) is 9.59 Å². The molecule has 1 atom stereocenters. The van der Waals surface area contributed by atoms with Gasteiger partial charge in [0.2, 0.25) is 11.7 Å². The maximum absolute atomic E-state index is 12.5. The summed E-state index contributed by atoms with van der Waals surface area (Å²) in [5.74, 6) is -0.863. The van der Waals surface area contributed by atoms with Crippen LogP contribution in [0.5, 0.6) is 0 Å². The van der Waals surface area contributed by atoms with E-state index in [9.17, 15) is 19.5 Å². The number of aliphatic carboxylic acids is 1. The van der Waals surface area contributed by atoms with Crippen LogP contribution in [-0.4, -0.2) is 63.5 Å². The number of amides is 2. The monoisotopic (exact) mass is 361 g/mol. The summed E-state index contributed by atoms with van der Waals surface area (Å²) < 4.78 is 5.05. The lowest BCUT2D eigenvalue weighted by atomic mass is 9.76. The summed E-state index contributed by atoms with van der Waals surface area (Å²) in [6.07, 6.45) is 3.61. The Kier molecular flexibility index (Phi) is 4.00. The number of aromatic nitrogens is 1. The number of aryl methyl sites for hydroxylation is 1. The third-order valence-electron chi connectivity index (χ3n) is 5.95.